The lowest BCUT2D eigenvalue weighted by Gasteiger charge is -2.36. The summed E-state index contributed by atoms with van der Waals surface area (Å²) in [5.74, 6) is 0.178. The first-order valence-electron chi connectivity index (χ1n) is 5.98. The number of likely N-dealkylation sites (tertiary alicyclic amines) is 1. The topological polar surface area (TPSA) is 75.4 Å². The molecule has 5 heteroatoms. The summed E-state index contributed by atoms with van der Waals surface area (Å²) >= 11 is 0. The molecule has 2 rings (SSSR count). The number of piperidine rings is 1. The highest BCUT2D eigenvalue weighted by atomic mass is 16.2. The number of amides is 2. The SMILES string of the molecule is NC(=O)C1CCCCN1C(=O)CC1CNC1. The average Bonchev–Trinajstić information content (AvgIpc) is 2.23. The molecule has 16 heavy (non-hydrogen) atoms. The van der Waals surface area contributed by atoms with Gasteiger partial charge in [0.1, 0.15) is 6.04 Å². The zero-order chi connectivity index (χ0) is 11.5. The lowest BCUT2D eigenvalue weighted by molar-refractivity contribution is -0.142. The van der Waals surface area contributed by atoms with Gasteiger partial charge in [0.2, 0.25) is 11.8 Å². The molecule has 2 aliphatic rings. The Balaban J connectivity index is 1.93. The van der Waals surface area contributed by atoms with E-state index in [1.807, 2.05) is 0 Å². The smallest absolute Gasteiger partial charge is 0.240 e. The Hall–Kier alpha value is -1.10. The Labute approximate surface area is 95.3 Å². The summed E-state index contributed by atoms with van der Waals surface area (Å²) in [6.45, 7) is 2.52. The van der Waals surface area contributed by atoms with Gasteiger partial charge in [-0.25, -0.2) is 0 Å². The minimum absolute atomic E-state index is 0.0926. The molecule has 0 spiro atoms. The highest BCUT2D eigenvalue weighted by Gasteiger charge is 2.32. The van der Waals surface area contributed by atoms with Gasteiger partial charge in [0.25, 0.3) is 0 Å². The third-order valence-corrected chi connectivity index (χ3v) is 3.48. The Morgan fingerprint density at radius 3 is 2.62 bits per heavy atom. The van der Waals surface area contributed by atoms with Gasteiger partial charge in [0.05, 0.1) is 0 Å². The van der Waals surface area contributed by atoms with E-state index in [9.17, 15) is 9.59 Å². The van der Waals surface area contributed by atoms with Crippen molar-refractivity contribution in [1.82, 2.24) is 10.2 Å². The van der Waals surface area contributed by atoms with Gasteiger partial charge >= 0.3 is 0 Å². The van der Waals surface area contributed by atoms with E-state index in [-0.39, 0.29) is 17.9 Å². The first kappa shape index (κ1) is 11.4. The largest absolute Gasteiger partial charge is 0.368 e. The van der Waals surface area contributed by atoms with Crippen LogP contribution >= 0.6 is 0 Å². The molecule has 0 aromatic carbocycles. The molecule has 2 saturated heterocycles. The Bertz CT molecular complexity index is 289. The van der Waals surface area contributed by atoms with E-state index >= 15 is 0 Å². The van der Waals surface area contributed by atoms with Gasteiger partial charge in [-0.2, -0.15) is 0 Å². The zero-order valence-corrected chi connectivity index (χ0v) is 9.45. The van der Waals surface area contributed by atoms with Gasteiger partial charge in [-0.15, -0.1) is 0 Å². The maximum atomic E-state index is 12.0. The molecule has 0 radical (unpaired) electrons. The van der Waals surface area contributed by atoms with Crippen LogP contribution in [0.25, 0.3) is 0 Å². The van der Waals surface area contributed by atoms with E-state index in [0.717, 1.165) is 32.4 Å². The summed E-state index contributed by atoms with van der Waals surface area (Å²) in [4.78, 5) is 24.9. The second-order valence-corrected chi connectivity index (χ2v) is 4.73. The summed E-state index contributed by atoms with van der Waals surface area (Å²) < 4.78 is 0. The summed E-state index contributed by atoms with van der Waals surface area (Å²) in [7, 11) is 0. The maximum absolute atomic E-state index is 12.0. The fraction of sp³-hybridized carbons (Fsp3) is 0.818. The van der Waals surface area contributed by atoms with Crippen LogP contribution < -0.4 is 11.1 Å². The molecule has 0 aromatic heterocycles. The van der Waals surface area contributed by atoms with E-state index in [0.29, 0.717) is 18.9 Å². The minimum atomic E-state index is -0.366. The molecule has 2 amide bonds. The zero-order valence-electron chi connectivity index (χ0n) is 9.45. The fourth-order valence-corrected chi connectivity index (χ4v) is 2.38. The van der Waals surface area contributed by atoms with E-state index < -0.39 is 0 Å². The van der Waals surface area contributed by atoms with Crippen LogP contribution in [0.2, 0.25) is 0 Å². The van der Waals surface area contributed by atoms with Crippen LogP contribution in [0.15, 0.2) is 0 Å². The van der Waals surface area contributed by atoms with Crippen LogP contribution in [0.1, 0.15) is 25.7 Å². The fourth-order valence-electron chi connectivity index (χ4n) is 2.38. The number of nitrogens with one attached hydrogen (secondary N) is 1. The Kier molecular flexibility index (Phi) is 3.43. The van der Waals surface area contributed by atoms with Crippen LogP contribution in [-0.2, 0) is 9.59 Å². The first-order chi connectivity index (χ1) is 7.68. The first-order valence-corrected chi connectivity index (χ1v) is 5.98. The van der Waals surface area contributed by atoms with Crippen LogP contribution in [0.5, 0.6) is 0 Å². The number of rotatable bonds is 3. The van der Waals surface area contributed by atoms with E-state index in [1.54, 1.807) is 4.90 Å². The van der Waals surface area contributed by atoms with Crippen molar-refractivity contribution in [2.75, 3.05) is 19.6 Å². The number of carbonyl (C=O) groups is 2. The van der Waals surface area contributed by atoms with E-state index in [4.69, 9.17) is 5.73 Å². The molecule has 0 aliphatic carbocycles. The second-order valence-electron chi connectivity index (χ2n) is 4.73. The number of carbonyl (C=O) groups excluding carboxylic acids is 2. The van der Waals surface area contributed by atoms with Gasteiger partial charge < -0.3 is 16.0 Å². The van der Waals surface area contributed by atoms with Crippen molar-refractivity contribution in [3.63, 3.8) is 0 Å². The molecule has 3 N–H and O–H groups in total. The minimum Gasteiger partial charge on any atom is -0.368 e. The molecule has 1 atom stereocenters. The molecule has 0 saturated carbocycles. The van der Waals surface area contributed by atoms with Gasteiger partial charge in [0.15, 0.2) is 0 Å². The van der Waals surface area contributed by atoms with E-state index in [2.05, 4.69) is 5.32 Å². The Morgan fingerprint density at radius 2 is 2.06 bits per heavy atom. The monoisotopic (exact) mass is 225 g/mol. The molecule has 90 valence electrons. The number of nitrogens with two attached hydrogens (primary N) is 1. The number of hydrogen-bond acceptors (Lipinski definition) is 3. The molecule has 2 aliphatic heterocycles. The van der Waals surface area contributed by atoms with Crippen molar-refractivity contribution in [1.29, 1.82) is 0 Å². The highest BCUT2D eigenvalue weighted by Crippen LogP contribution is 2.20. The molecule has 2 fully saturated rings. The molecule has 0 aromatic rings. The van der Waals surface area contributed by atoms with Crippen molar-refractivity contribution < 1.29 is 9.59 Å². The molecular formula is C11H19N3O2. The normalized spacial score (nSPS) is 26.2. The summed E-state index contributed by atoms with van der Waals surface area (Å²) in [6, 6.07) is -0.366. The molecular weight excluding hydrogens is 206 g/mol. The van der Waals surface area contributed by atoms with Gasteiger partial charge in [-0.3, -0.25) is 9.59 Å². The van der Waals surface area contributed by atoms with Crippen molar-refractivity contribution in [3.8, 4) is 0 Å². The second kappa shape index (κ2) is 4.82. The molecule has 5 nitrogen and oxygen atoms in total. The third-order valence-electron chi connectivity index (χ3n) is 3.48. The highest BCUT2D eigenvalue weighted by molar-refractivity contribution is 5.87. The summed E-state index contributed by atoms with van der Waals surface area (Å²) in [5.41, 5.74) is 5.33. The van der Waals surface area contributed by atoms with Gasteiger partial charge in [-0.05, 0) is 38.3 Å². The standard InChI is InChI=1S/C11H19N3O2/c12-11(16)9-3-1-2-4-14(9)10(15)5-8-6-13-7-8/h8-9,13H,1-7H2,(H2,12,16). The van der Waals surface area contributed by atoms with Crippen LogP contribution in [0.4, 0.5) is 0 Å². The van der Waals surface area contributed by atoms with Crippen molar-refractivity contribution >= 4 is 11.8 Å². The predicted molar refractivity (Wildman–Crippen MR) is 59.5 cm³/mol. The third kappa shape index (κ3) is 2.35. The quantitative estimate of drug-likeness (QED) is 0.677. The van der Waals surface area contributed by atoms with E-state index in [1.165, 1.54) is 0 Å². The van der Waals surface area contributed by atoms with Crippen LogP contribution in [0, 0.1) is 5.92 Å². The maximum Gasteiger partial charge on any atom is 0.240 e. The lowest BCUT2D eigenvalue weighted by Crippen LogP contribution is -2.52. The number of nitrogens with zero attached hydrogens (tertiary/aromatic N) is 1. The summed E-state index contributed by atoms with van der Waals surface area (Å²) in [6.07, 6.45) is 3.25. The average molecular weight is 225 g/mol. The van der Waals surface area contributed by atoms with Gasteiger partial charge in [0, 0.05) is 13.0 Å². The molecule has 0 bridgehead atoms. The predicted octanol–water partition coefficient (Wildman–Crippen LogP) is -0.538. The number of hydrogen-bond donors (Lipinski definition) is 2. The Morgan fingerprint density at radius 1 is 1.31 bits per heavy atom. The van der Waals surface area contributed by atoms with Crippen LogP contribution in [0.3, 0.4) is 0 Å². The molecule has 2 heterocycles. The van der Waals surface area contributed by atoms with Crippen molar-refractivity contribution in [3.05, 3.63) is 0 Å². The van der Waals surface area contributed by atoms with Gasteiger partial charge in [-0.1, -0.05) is 0 Å². The lowest BCUT2D eigenvalue weighted by atomic mass is 9.96. The van der Waals surface area contributed by atoms with Crippen LogP contribution in [-0.4, -0.2) is 42.4 Å². The van der Waals surface area contributed by atoms with Crippen molar-refractivity contribution in [2.45, 2.75) is 31.7 Å². The number of primary amides is 1. The van der Waals surface area contributed by atoms with Crippen molar-refractivity contribution in [2.24, 2.45) is 11.7 Å². The molecule has 1 unspecified atom stereocenters. The summed E-state index contributed by atoms with van der Waals surface area (Å²) in [5, 5.41) is 3.14.